The van der Waals surface area contributed by atoms with Gasteiger partial charge in [0.1, 0.15) is 6.26 Å². The second-order valence-electron chi connectivity index (χ2n) is 4.75. The number of unbranched alkanes of at least 4 members (excludes halogenated alkanes) is 2. The molecule has 2 N–H and O–H groups in total. The van der Waals surface area contributed by atoms with Crippen molar-refractivity contribution in [2.75, 3.05) is 20.2 Å². The van der Waals surface area contributed by atoms with Gasteiger partial charge >= 0.3 is 5.97 Å². The number of nitrogens with one attached hydrogen (secondary N) is 2. The summed E-state index contributed by atoms with van der Waals surface area (Å²) >= 11 is 0. The van der Waals surface area contributed by atoms with E-state index in [1.165, 1.54) is 19.6 Å². The monoisotopic (exact) mass is 310 g/mol. The number of amides is 2. The van der Waals surface area contributed by atoms with Gasteiger partial charge in [-0.3, -0.25) is 14.4 Å². The van der Waals surface area contributed by atoms with E-state index >= 15 is 0 Å². The average Bonchev–Trinajstić information content (AvgIpc) is 3.04. The fraction of sp³-hybridized carbons (Fsp3) is 0.533. The van der Waals surface area contributed by atoms with Gasteiger partial charge in [-0.2, -0.15) is 0 Å². The lowest BCUT2D eigenvalue weighted by atomic mass is 10.2. The van der Waals surface area contributed by atoms with Crippen LogP contribution in [0.1, 0.15) is 42.5 Å². The zero-order valence-corrected chi connectivity index (χ0v) is 12.7. The number of ether oxygens (including phenoxy) is 1. The number of furan rings is 1. The number of methoxy groups -OCH3 is 1. The van der Waals surface area contributed by atoms with Crippen molar-refractivity contribution in [3.63, 3.8) is 0 Å². The third-order valence-electron chi connectivity index (χ3n) is 3.03. The minimum Gasteiger partial charge on any atom is -0.472 e. The third kappa shape index (κ3) is 7.47. The fourth-order valence-electron chi connectivity index (χ4n) is 1.77. The van der Waals surface area contributed by atoms with Gasteiger partial charge in [-0.15, -0.1) is 0 Å². The molecule has 0 aromatic carbocycles. The van der Waals surface area contributed by atoms with Crippen molar-refractivity contribution < 1.29 is 23.5 Å². The quantitative estimate of drug-likeness (QED) is 0.500. The van der Waals surface area contributed by atoms with Crippen LogP contribution in [0.3, 0.4) is 0 Å². The third-order valence-corrected chi connectivity index (χ3v) is 3.03. The Balaban J connectivity index is 1.97. The molecular formula is C15H22N2O5. The molecular weight excluding hydrogens is 288 g/mol. The molecule has 0 bridgehead atoms. The highest BCUT2D eigenvalue weighted by Crippen LogP contribution is 2.00. The maximum atomic E-state index is 11.6. The van der Waals surface area contributed by atoms with Crippen molar-refractivity contribution >= 4 is 17.8 Å². The first kappa shape index (κ1) is 17.7. The van der Waals surface area contributed by atoms with Crippen molar-refractivity contribution in [1.29, 1.82) is 0 Å². The number of rotatable bonds is 10. The summed E-state index contributed by atoms with van der Waals surface area (Å²) in [5, 5.41) is 5.40. The minimum absolute atomic E-state index is 0.111. The van der Waals surface area contributed by atoms with E-state index in [0.29, 0.717) is 18.5 Å². The van der Waals surface area contributed by atoms with Gasteiger partial charge < -0.3 is 19.8 Å². The Morgan fingerprint density at radius 3 is 2.59 bits per heavy atom. The van der Waals surface area contributed by atoms with Crippen molar-refractivity contribution in [3.05, 3.63) is 24.2 Å². The van der Waals surface area contributed by atoms with Crippen LogP contribution in [0.2, 0.25) is 0 Å². The Labute approximate surface area is 129 Å². The summed E-state index contributed by atoms with van der Waals surface area (Å²) in [6, 6.07) is 1.56. The van der Waals surface area contributed by atoms with Gasteiger partial charge in [0.25, 0.3) is 5.91 Å². The molecule has 0 fully saturated rings. The number of hydrogen-bond donors (Lipinski definition) is 2. The van der Waals surface area contributed by atoms with Gasteiger partial charge in [0.05, 0.1) is 18.9 Å². The number of carbonyl (C=O) groups is 3. The maximum absolute atomic E-state index is 11.6. The van der Waals surface area contributed by atoms with Crippen LogP contribution in [-0.4, -0.2) is 38.0 Å². The van der Waals surface area contributed by atoms with Gasteiger partial charge in [-0.1, -0.05) is 6.42 Å². The largest absolute Gasteiger partial charge is 0.472 e. The summed E-state index contributed by atoms with van der Waals surface area (Å²) in [5.74, 6) is -0.581. The van der Waals surface area contributed by atoms with E-state index in [1.807, 2.05) is 0 Å². The molecule has 7 heteroatoms. The minimum atomic E-state index is -0.260. The molecule has 0 unspecified atom stereocenters. The molecule has 122 valence electrons. The molecule has 1 rings (SSSR count). The molecule has 0 aliphatic carbocycles. The Morgan fingerprint density at radius 2 is 1.91 bits per heavy atom. The normalized spacial score (nSPS) is 10.0. The lowest BCUT2D eigenvalue weighted by Crippen LogP contribution is -2.31. The van der Waals surface area contributed by atoms with Crippen LogP contribution in [-0.2, 0) is 14.3 Å². The van der Waals surface area contributed by atoms with Gasteiger partial charge in [0, 0.05) is 25.9 Å². The molecule has 2 amide bonds. The molecule has 0 radical (unpaired) electrons. The first-order valence-corrected chi connectivity index (χ1v) is 7.27. The zero-order chi connectivity index (χ0) is 16.2. The van der Waals surface area contributed by atoms with E-state index in [-0.39, 0.29) is 30.7 Å². The number of hydrogen-bond acceptors (Lipinski definition) is 5. The van der Waals surface area contributed by atoms with Crippen LogP contribution in [0.25, 0.3) is 0 Å². The predicted octanol–water partition coefficient (Wildman–Crippen LogP) is 1.25. The first-order valence-electron chi connectivity index (χ1n) is 7.27. The molecule has 22 heavy (non-hydrogen) atoms. The molecule has 0 saturated heterocycles. The van der Waals surface area contributed by atoms with Crippen LogP contribution in [0.5, 0.6) is 0 Å². The molecule has 0 aliphatic heterocycles. The van der Waals surface area contributed by atoms with Crippen LogP contribution in [0.15, 0.2) is 23.0 Å². The van der Waals surface area contributed by atoms with Crippen molar-refractivity contribution in [1.82, 2.24) is 10.6 Å². The highest BCUT2D eigenvalue weighted by molar-refractivity contribution is 5.94. The van der Waals surface area contributed by atoms with E-state index in [2.05, 4.69) is 15.4 Å². The summed E-state index contributed by atoms with van der Waals surface area (Å²) in [4.78, 5) is 34.0. The molecule has 1 aromatic rings. The lowest BCUT2D eigenvalue weighted by molar-refractivity contribution is -0.140. The van der Waals surface area contributed by atoms with Gasteiger partial charge in [-0.05, 0) is 18.9 Å². The fourth-order valence-corrected chi connectivity index (χ4v) is 1.77. The summed E-state index contributed by atoms with van der Waals surface area (Å²) in [6.45, 7) is 0.841. The lowest BCUT2D eigenvalue weighted by Gasteiger charge is -2.06. The summed E-state index contributed by atoms with van der Waals surface area (Å²) in [6.07, 6.45) is 5.82. The first-order chi connectivity index (χ1) is 10.6. The van der Waals surface area contributed by atoms with E-state index < -0.39 is 0 Å². The van der Waals surface area contributed by atoms with E-state index in [4.69, 9.17) is 4.42 Å². The molecule has 1 aromatic heterocycles. The Morgan fingerprint density at radius 1 is 1.09 bits per heavy atom. The smallest absolute Gasteiger partial charge is 0.305 e. The van der Waals surface area contributed by atoms with Crippen LogP contribution in [0.4, 0.5) is 0 Å². The Kier molecular flexibility index (Phi) is 8.40. The Bertz CT molecular complexity index is 470. The highest BCUT2D eigenvalue weighted by Gasteiger charge is 2.07. The van der Waals surface area contributed by atoms with E-state index in [9.17, 15) is 14.4 Å². The predicted molar refractivity (Wildman–Crippen MR) is 79.2 cm³/mol. The summed E-state index contributed by atoms with van der Waals surface area (Å²) in [5.41, 5.74) is 0.436. The second kappa shape index (κ2) is 10.4. The molecule has 0 aliphatic rings. The number of esters is 1. The zero-order valence-electron chi connectivity index (χ0n) is 12.7. The molecule has 1 heterocycles. The summed E-state index contributed by atoms with van der Waals surface area (Å²) < 4.78 is 9.34. The number of carbonyl (C=O) groups excluding carboxylic acids is 3. The molecule has 0 saturated carbocycles. The molecule has 0 spiro atoms. The van der Waals surface area contributed by atoms with Crippen LogP contribution in [0, 0.1) is 0 Å². The van der Waals surface area contributed by atoms with E-state index in [1.54, 1.807) is 6.07 Å². The highest BCUT2D eigenvalue weighted by atomic mass is 16.5. The van der Waals surface area contributed by atoms with E-state index in [0.717, 1.165) is 19.3 Å². The molecule has 0 atom stereocenters. The second-order valence-corrected chi connectivity index (χ2v) is 4.75. The van der Waals surface area contributed by atoms with Gasteiger partial charge in [-0.25, -0.2) is 0 Å². The van der Waals surface area contributed by atoms with Crippen molar-refractivity contribution in [2.24, 2.45) is 0 Å². The van der Waals surface area contributed by atoms with Crippen molar-refractivity contribution in [3.8, 4) is 0 Å². The topological polar surface area (TPSA) is 97.6 Å². The van der Waals surface area contributed by atoms with Gasteiger partial charge in [0.2, 0.25) is 5.91 Å². The van der Waals surface area contributed by atoms with Crippen molar-refractivity contribution in [2.45, 2.75) is 32.1 Å². The average molecular weight is 310 g/mol. The van der Waals surface area contributed by atoms with Crippen LogP contribution >= 0.6 is 0 Å². The standard InChI is InChI=1S/C15H22N2O5/c1-21-14(19)5-3-2-4-8-16-13(18)6-9-17-15(20)12-7-10-22-11-12/h7,10-11H,2-6,8-9H2,1H3,(H,16,18)(H,17,20). The molecule has 7 nitrogen and oxygen atoms in total. The Hall–Kier alpha value is -2.31. The SMILES string of the molecule is COC(=O)CCCCCNC(=O)CCNC(=O)c1ccoc1. The van der Waals surface area contributed by atoms with Gasteiger partial charge in [0.15, 0.2) is 0 Å². The maximum Gasteiger partial charge on any atom is 0.305 e. The summed E-state index contributed by atoms with van der Waals surface area (Å²) in [7, 11) is 1.37. The van der Waals surface area contributed by atoms with Crippen LogP contribution < -0.4 is 10.6 Å².